The third-order valence-corrected chi connectivity index (χ3v) is 3.04. The predicted molar refractivity (Wildman–Crippen MR) is 63.2 cm³/mol. The van der Waals surface area contributed by atoms with Gasteiger partial charge in [0.25, 0.3) is 0 Å². The average Bonchev–Trinajstić information content (AvgIpc) is 2.63. The summed E-state index contributed by atoms with van der Waals surface area (Å²) in [5.41, 5.74) is 9.44. The number of hydrogen-bond donors (Lipinski definition) is 1. The Labute approximate surface area is 90.8 Å². The summed E-state index contributed by atoms with van der Waals surface area (Å²) in [6.07, 6.45) is 1.05. The maximum atomic E-state index is 5.95. The van der Waals surface area contributed by atoms with Gasteiger partial charge in [0.05, 0.1) is 6.61 Å². The molecule has 1 unspecified atom stereocenters. The first kappa shape index (κ1) is 10.3. The lowest BCUT2D eigenvalue weighted by Crippen LogP contribution is -2.34. The van der Waals surface area contributed by atoms with Crippen LogP contribution in [0.3, 0.4) is 0 Å². The number of nitrogen functional groups attached to an aromatic ring is 1. The van der Waals surface area contributed by atoms with Crippen LogP contribution in [-0.4, -0.2) is 26.3 Å². The van der Waals surface area contributed by atoms with Crippen molar-refractivity contribution in [2.75, 3.05) is 30.9 Å². The summed E-state index contributed by atoms with van der Waals surface area (Å²) in [7, 11) is 1.74. The van der Waals surface area contributed by atoms with Gasteiger partial charge in [-0.3, -0.25) is 0 Å². The van der Waals surface area contributed by atoms with Gasteiger partial charge in [0.2, 0.25) is 0 Å². The highest BCUT2D eigenvalue weighted by atomic mass is 16.5. The van der Waals surface area contributed by atoms with Crippen LogP contribution in [0.4, 0.5) is 11.4 Å². The summed E-state index contributed by atoms with van der Waals surface area (Å²) < 4.78 is 5.19. The van der Waals surface area contributed by atoms with Gasteiger partial charge >= 0.3 is 0 Å². The van der Waals surface area contributed by atoms with E-state index in [1.807, 2.05) is 12.1 Å². The van der Waals surface area contributed by atoms with E-state index in [4.69, 9.17) is 10.5 Å². The van der Waals surface area contributed by atoms with Crippen LogP contribution in [0.15, 0.2) is 18.2 Å². The van der Waals surface area contributed by atoms with Gasteiger partial charge in [-0.2, -0.15) is 0 Å². The van der Waals surface area contributed by atoms with E-state index in [-0.39, 0.29) is 0 Å². The molecule has 0 radical (unpaired) electrons. The lowest BCUT2D eigenvalue weighted by atomic mass is 10.1. The van der Waals surface area contributed by atoms with Gasteiger partial charge < -0.3 is 15.4 Å². The fraction of sp³-hybridized carbons (Fsp3) is 0.500. The highest BCUT2D eigenvalue weighted by molar-refractivity contribution is 5.68. The largest absolute Gasteiger partial charge is 0.398 e. The zero-order valence-corrected chi connectivity index (χ0v) is 9.36. The number of benzene rings is 1. The number of methoxy groups -OCH3 is 1. The van der Waals surface area contributed by atoms with E-state index in [1.165, 1.54) is 11.3 Å². The van der Waals surface area contributed by atoms with E-state index in [0.717, 1.165) is 25.3 Å². The average molecular weight is 206 g/mol. The Hall–Kier alpha value is -1.22. The first-order valence-corrected chi connectivity index (χ1v) is 5.37. The molecule has 2 rings (SSSR count). The quantitative estimate of drug-likeness (QED) is 0.764. The molecule has 1 heterocycles. The van der Waals surface area contributed by atoms with Crippen molar-refractivity contribution in [1.82, 2.24) is 0 Å². The molecule has 1 aromatic rings. The molecule has 15 heavy (non-hydrogen) atoms. The molecule has 2 N–H and O–H groups in total. The molecule has 82 valence electrons. The fourth-order valence-corrected chi connectivity index (χ4v) is 2.28. The van der Waals surface area contributed by atoms with Crippen molar-refractivity contribution in [3.8, 4) is 0 Å². The molecule has 0 saturated carbocycles. The molecule has 3 heteroatoms. The summed E-state index contributed by atoms with van der Waals surface area (Å²) >= 11 is 0. The van der Waals surface area contributed by atoms with Gasteiger partial charge in [-0.1, -0.05) is 6.07 Å². The topological polar surface area (TPSA) is 38.5 Å². The molecule has 0 aromatic heterocycles. The molecule has 0 amide bonds. The molecule has 1 aromatic carbocycles. The van der Waals surface area contributed by atoms with Crippen LogP contribution in [0.25, 0.3) is 0 Å². The minimum Gasteiger partial charge on any atom is -0.398 e. The van der Waals surface area contributed by atoms with Crippen LogP contribution < -0.4 is 10.6 Å². The van der Waals surface area contributed by atoms with Crippen LogP contribution in [0.2, 0.25) is 0 Å². The normalized spacial score (nSPS) is 16.5. The van der Waals surface area contributed by atoms with E-state index in [0.29, 0.717) is 6.04 Å². The van der Waals surface area contributed by atoms with Crippen molar-refractivity contribution >= 4 is 11.4 Å². The number of nitrogens with two attached hydrogens (primary N) is 1. The molecule has 0 bridgehead atoms. The lowest BCUT2D eigenvalue weighted by Gasteiger charge is -2.26. The highest BCUT2D eigenvalue weighted by Gasteiger charge is 2.24. The van der Waals surface area contributed by atoms with Gasteiger partial charge in [0, 0.05) is 36.6 Å². The molecular weight excluding hydrogens is 188 g/mol. The van der Waals surface area contributed by atoms with Crippen LogP contribution in [0, 0.1) is 0 Å². The van der Waals surface area contributed by atoms with Crippen molar-refractivity contribution in [2.45, 2.75) is 19.4 Å². The SMILES string of the molecule is COCC(C)N1CCc2c(N)cccc21. The van der Waals surface area contributed by atoms with Gasteiger partial charge in [-0.05, 0) is 25.5 Å². The maximum absolute atomic E-state index is 5.95. The predicted octanol–water partition coefficient (Wildman–Crippen LogP) is 1.67. The van der Waals surface area contributed by atoms with Crippen molar-refractivity contribution in [3.05, 3.63) is 23.8 Å². The van der Waals surface area contributed by atoms with E-state index < -0.39 is 0 Å². The van der Waals surface area contributed by atoms with Gasteiger partial charge in [0.15, 0.2) is 0 Å². The third kappa shape index (κ3) is 1.79. The first-order valence-electron chi connectivity index (χ1n) is 5.37. The van der Waals surface area contributed by atoms with E-state index in [2.05, 4.69) is 17.9 Å². The Morgan fingerprint density at radius 1 is 1.53 bits per heavy atom. The molecule has 1 atom stereocenters. The number of hydrogen-bond acceptors (Lipinski definition) is 3. The number of rotatable bonds is 3. The molecule has 0 aliphatic carbocycles. The summed E-state index contributed by atoms with van der Waals surface area (Å²) in [5.74, 6) is 0. The van der Waals surface area contributed by atoms with E-state index in [9.17, 15) is 0 Å². The van der Waals surface area contributed by atoms with E-state index >= 15 is 0 Å². The fourth-order valence-electron chi connectivity index (χ4n) is 2.28. The lowest BCUT2D eigenvalue weighted by molar-refractivity contribution is 0.182. The Bertz CT molecular complexity index is 351. The second kappa shape index (κ2) is 4.11. The monoisotopic (exact) mass is 206 g/mol. The molecule has 1 aliphatic rings. The van der Waals surface area contributed by atoms with Crippen LogP contribution >= 0.6 is 0 Å². The number of anilines is 2. The Kier molecular flexibility index (Phi) is 2.82. The van der Waals surface area contributed by atoms with Crippen molar-refractivity contribution in [2.24, 2.45) is 0 Å². The Morgan fingerprint density at radius 3 is 3.07 bits per heavy atom. The zero-order valence-electron chi connectivity index (χ0n) is 9.36. The molecule has 0 spiro atoms. The van der Waals surface area contributed by atoms with Gasteiger partial charge in [-0.25, -0.2) is 0 Å². The summed E-state index contributed by atoms with van der Waals surface area (Å²) in [4.78, 5) is 2.37. The zero-order chi connectivity index (χ0) is 10.8. The molecule has 1 aliphatic heterocycles. The van der Waals surface area contributed by atoms with Crippen molar-refractivity contribution in [1.29, 1.82) is 0 Å². The molecule has 3 nitrogen and oxygen atoms in total. The minimum atomic E-state index is 0.415. The summed E-state index contributed by atoms with van der Waals surface area (Å²) in [6.45, 7) is 3.99. The second-order valence-corrected chi connectivity index (χ2v) is 4.09. The summed E-state index contributed by atoms with van der Waals surface area (Å²) in [6, 6.07) is 6.55. The molecular formula is C12H18N2O. The number of nitrogens with zero attached hydrogens (tertiary/aromatic N) is 1. The maximum Gasteiger partial charge on any atom is 0.0663 e. The van der Waals surface area contributed by atoms with E-state index in [1.54, 1.807) is 7.11 Å². The first-order chi connectivity index (χ1) is 7.24. The van der Waals surface area contributed by atoms with Gasteiger partial charge in [0.1, 0.15) is 0 Å². The van der Waals surface area contributed by atoms with Crippen LogP contribution in [0.1, 0.15) is 12.5 Å². The second-order valence-electron chi connectivity index (χ2n) is 4.09. The van der Waals surface area contributed by atoms with Crippen LogP contribution in [-0.2, 0) is 11.2 Å². The molecule has 0 saturated heterocycles. The number of ether oxygens (including phenoxy) is 1. The Morgan fingerprint density at radius 2 is 2.33 bits per heavy atom. The standard InChI is InChI=1S/C12H18N2O/c1-9(8-15-2)14-7-6-10-11(13)4-3-5-12(10)14/h3-5,9H,6-8,13H2,1-2H3. The van der Waals surface area contributed by atoms with Crippen LogP contribution in [0.5, 0.6) is 0 Å². The number of fused-ring (bicyclic) bond motifs is 1. The van der Waals surface area contributed by atoms with Crippen molar-refractivity contribution < 1.29 is 4.74 Å². The smallest absolute Gasteiger partial charge is 0.0663 e. The third-order valence-electron chi connectivity index (χ3n) is 3.04. The molecule has 0 fully saturated rings. The van der Waals surface area contributed by atoms with Gasteiger partial charge in [-0.15, -0.1) is 0 Å². The highest BCUT2D eigenvalue weighted by Crippen LogP contribution is 2.33. The van der Waals surface area contributed by atoms with Crippen molar-refractivity contribution in [3.63, 3.8) is 0 Å². The summed E-state index contributed by atoms with van der Waals surface area (Å²) in [5, 5.41) is 0. The Balaban J connectivity index is 2.25. The minimum absolute atomic E-state index is 0.415.